The molecule has 0 saturated carbocycles. The SMILES string of the molecule is O=C(CN1CCC(O)CC1)Oc1ccccc1. The lowest BCUT2D eigenvalue weighted by Crippen LogP contribution is -2.40. The molecule has 92 valence electrons. The summed E-state index contributed by atoms with van der Waals surface area (Å²) in [5.74, 6) is 0.335. The molecular weight excluding hydrogens is 218 g/mol. The Morgan fingerprint density at radius 1 is 1.29 bits per heavy atom. The average Bonchev–Trinajstić information content (AvgIpc) is 2.33. The highest BCUT2D eigenvalue weighted by Gasteiger charge is 2.19. The van der Waals surface area contributed by atoms with E-state index in [1.807, 2.05) is 23.1 Å². The number of para-hydroxylation sites is 1. The van der Waals surface area contributed by atoms with E-state index in [1.165, 1.54) is 0 Å². The summed E-state index contributed by atoms with van der Waals surface area (Å²) in [7, 11) is 0. The van der Waals surface area contributed by atoms with Crippen LogP contribution in [0.1, 0.15) is 12.8 Å². The molecule has 0 radical (unpaired) electrons. The molecule has 0 aromatic heterocycles. The molecule has 0 aliphatic carbocycles. The van der Waals surface area contributed by atoms with Gasteiger partial charge in [0.25, 0.3) is 0 Å². The Morgan fingerprint density at radius 2 is 1.94 bits per heavy atom. The number of aliphatic hydroxyl groups is 1. The molecule has 1 aliphatic rings. The molecule has 0 bridgehead atoms. The van der Waals surface area contributed by atoms with Crippen LogP contribution < -0.4 is 4.74 Å². The van der Waals surface area contributed by atoms with E-state index in [1.54, 1.807) is 12.1 Å². The summed E-state index contributed by atoms with van der Waals surface area (Å²) < 4.78 is 5.20. The Kier molecular flexibility index (Phi) is 4.12. The minimum atomic E-state index is -0.243. The van der Waals surface area contributed by atoms with Gasteiger partial charge in [0.15, 0.2) is 0 Å². The van der Waals surface area contributed by atoms with Gasteiger partial charge in [-0.15, -0.1) is 0 Å². The third-order valence-corrected chi connectivity index (χ3v) is 2.88. The van der Waals surface area contributed by atoms with Gasteiger partial charge in [0.1, 0.15) is 5.75 Å². The van der Waals surface area contributed by atoms with Crippen molar-refractivity contribution in [3.05, 3.63) is 30.3 Å². The second-order valence-electron chi connectivity index (χ2n) is 4.29. The number of hydrogen-bond acceptors (Lipinski definition) is 4. The van der Waals surface area contributed by atoms with Crippen LogP contribution in [0.25, 0.3) is 0 Å². The summed E-state index contributed by atoms with van der Waals surface area (Å²) in [6.45, 7) is 1.80. The summed E-state index contributed by atoms with van der Waals surface area (Å²) in [6, 6.07) is 9.07. The van der Waals surface area contributed by atoms with E-state index in [-0.39, 0.29) is 12.1 Å². The number of carbonyl (C=O) groups is 1. The van der Waals surface area contributed by atoms with Crippen LogP contribution in [0.15, 0.2) is 30.3 Å². The van der Waals surface area contributed by atoms with Crippen LogP contribution in [-0.4, -0.2) is 41.7 Å². The van der Waals surface area contributed by atoms with Gasteiger partial charge in [-0.05, 0) is 25.0 Å². The minimum absolute atomic E-state index is 0.212. The summed E-state index contributed by atoms with van der Waals surface area (Å²) in [4.78, 5) is 13.6. The Labute approximate surface area is 101 Å². The molecule has 17 heavy (non-hydrogen) atoms. The highest BCUT2D eigenvalue weighted by molar-refractivity contribution is 5.74. The van der Waals surface area contributed by atoms with E-state index >= 15 is 0 Å². The molecule has 1 N–H and O–H groups in total. The van der Waals surface area contributed by atoms with Crippen LogP contribution in [0.5, 0.6) is 5.75 Å². The fourth-order valence-corrected chi connectivity index (χ4v) is 1.91. The minimum Gasteiger partial charge on any atom is -0.426 e. The van der Waals surface area contributed by atoms with Crippen molar-refractivity contribution in [1.29, 1.82) is 0 Å². The van der Waals surface area contributed by atoms with E-state index in [2.05, 4.69) is 0 Å². The fourth-order valence-electron chi connectivity index (χ4n) is 1.91. The number of benzene rings is 1. The van der Waals surface area contributed by atoms with Gasteiger partial charge in [0.05, 0.1) is 12.6 Å². The molecule has 0 atom stereocenters. The van der Waals surface area contributed by atoms with Crippen LogP contribution in [0.2, 0.25) is 0 Å². The van der Waals surface area contributed by atoms with Crippen molar-refractivity contribution in [2.24, 2.45) is 0 Å². The molecule has 1 saturated heterocycles. The standard InChI is InChI=1S/C13H17NO3/c15-11-6-8-14(9-7-11)10-13(16)17-12-4-2-1-3-5-12/h1-5,11,15H,6-10H2. The first-order valence-electron chi connectivity index (χ1n) is 5.90. The first kappa shape index (κ1) is 12.1. The normalized spacial score (nSPS) is 17.9. The number of carbonyl (C=O) groups excluding carboxylic acids is 1. The van der Waals surface area contributed by atoms with Gasteiger partial charge in [-0.3, -0.25) is 9.69 Å². The zero-order valence-corrected chi connectivity index (χ0v) is 9.71. The molecule has 0 spiro atoms. The van der Waals surface area contributed by atoms with Gasteiger partial charge in [-0.25, -0.2) is 0 Å². The van der Waals surface area contributed by atoms with Crippen LogP contribution in [-0.2, 0) is 4.79 Å². The summed E-state index contributed by atoms with van der Waals surface area (Å²) in [5.41, 5.74) is 0. The van der Waals surface area contributed by atoms with Crippen molar-refractivity contribution in [2.45, 2.75) is 18.9 Å². The van der Waals surface area contributed by atoms with E-state index in [0.29, 0.717) is 12.3 Å². The van der Waals surface area contributed by atoms with Gasteiger partial charge < -0.3 is 9.84 Å². The number of nitrogens with zero attached hydrogens (tertiary/aromatic N) is 1. The second kappa shape index (κ2) is 5.80. The Balaban J connectivity index is 1.78. The average molecular weight is 235 g/mol. The van der Waals surface area contributed by atoms with Gasteiger partial charge in [0.2, 0.25) is 0 Å². The number of piperidine rings is 1. The van der Waals surface area contributed by atoms with Crippen LogP contribution in [0.4, 0.5) is 0 Å². The van der Waals surface area contributed by atoms with Crippen LogP contribution in [0.3, 0.4) is 0 Å². The number of hydrogen-bond donors (Lipinski definition) is 1. The monoisotopic (exact) mass is 235 g/mol. The number of aliphatic hydroxyl groups excluding tert-OH is 1. The van der Waals surface area contributed by atoms with Gasteiger partial charge in [0, 0.05) is 13.1 Å². The third-order valence-electron chi connectivity index (χ3n) is 2.88. The van der Waals surface area contributed by atoms with Crippen molar-refractivity contribution in [2.75, 3.05) is 19.6 Å². The van der Waals surface area contributed by atoms with Crippen LogP contribution >= 0.6 is 0 Å². The maximum Gasteiger partial charge on any atom is 0.325 e. The lowest BCUT2D eigenvalue weighted by molar-refractivity contribution is -0.136. The van der Waals surface area contributed by atoms with Crippen molar-refractivity contribution in [3.63, 3.8) is 0 Å². The maximum absolute atomic E-state index is 11.6. The quantitative estimate of drug-likeness (QED) is 0.628. The van der Waals surface area contributed by atoms with E-state index in [9.17, 15) is 9.90 Å². The van der Waals surface area contributed by atoms with Gasteiger partial charge in [-0.1, -0.05) is 18.2 Å². The molecule has 0 unspecified atom stereocenters. The topological polar surface area (TPSA) is 49.8 Å². The summed E-state index contributed by atoms with van der Waals surface area (Å²) in [6.07, 6.45) is 1.26. The zero-order valence-electron chi connectivity index (χ0n) is 9.71. The molecule has 2 rings (SSSR count). The van der Waals surface area contributed by atoms with Crippen LogP contribution in [0, 0.1) is 0 Å². The lowest BCUT2D eigenvalue weighted by Gasteiger charge is -2.28. The smallest absolute Gasteiger partial charge is 0.325 e. The highest BCUT2D eigenvalue weighted by Crippen LogP contribution is 2.11. The Hall–Kier alpha value is -1.39. The van der Waals surface area contributed by atoms with Crippen molar-refractivity contribution in [1.82, 2.24) is 4.90 Å². The maximum atomic E-state index is 11.6. The number of esters is 1. The second-order valence-corrected chi connectivity index (χ2v) is 4.29. The Bertz CT molecular complexity index is 358. The van der Waals surface area contributed by atoms with Crippen molar-refractivity contribution < 1.29 is 14.6 Å². The molecule has 1 aromatic rings. The number of rotatable bonds is 3. The summed E-state index contributed by atoms with van der Waals surface area (Å²) >= 11 is 0. The molecule has 0 amide bonds. The molecule has 1 aliphatic heterocycles. The summed E-state index contributed by atoms with van der Waals surface area (Å²) in [5, 5.41) is 9.35. The first-order chi connectivity index (χ1) is 8.24. The molecule has 1 heterocycles. The van der Waals surface area contributed by atoms with Crippen molar-refractivity contribution in [3.8, 4) is 5.75 Å². The van der Waals surface area contributed by atoms with E-state index in [4.69, 9.17) is 4.74 Å². The molecular formula is C13H17NO3. The molecule has 1 aromatic carbocycles. The first-order valence-corrected chi connectivity index (χ1v) is 5.90. The van der Waals surface area contributed by atoms with Crippen molar-refractivity contribution >= 4 is 5.97 Å². The lowest BCUT2D eigenvalue weighted by atomic mass is 10.1. The highest BCUT2D eigenvalue weighted by atomic mass is 16.5. The fraction of sp³-hybridized carbons (Fsp3) is 0.462. The van der Waals surface area contributed by atoms with Gasteiger partial charge >= 0.3 is 5.97 Å². The van der Waals surface area contributed by atoms with E-state index < -0.39 is 0 Å². The predicted molar refractivity (Wildman–Crippen MR) is 63.8 cm³/mol. The largest absolute Gasteiger partial charge is 0.426 e. The zero-order chi connectivity index (χ0) is 12.1. The molecule has 4 nitrogen and oxygen atoms in total. The Morgan fingerprint density at radius 3 is 2.59 bits per heavy atom. The van der Waals surface area contributed by atoms with Gasteiger partial charge in [-0.2, -0.15) is 0 Å². The number of ether oxygens (including phenoxy) is 1. The predicted octanol–water partition coefficient (Wildman–Crippen LogP) is 1.05. The number of likely N-dealkylation sites (tertiary alicyclic amines) is 1. The molecule has 4 heteroatoms. The molecule has 1 fully saturated rings. The third kappa shape index (κ3) is 3.84. The van der Waals surface area contributed by atoms with E-state index in [0.717, 1.165) is 25.9 Å².